The second kappa shape index (κ2) is 16.6. The number of anilines is 1. The first-order chi connectivity index (χ1) is 23.7. The molecule has 1 N–H and O–H groups in total. The van der Waals surface area contributed by atoms with Crippen molar-refractivity contribution in [3.05, 3.63) is 128 Å². The zero-order valence-corrected chi connectivity index (χ0v) is 30.2. The van der Waals surface area contributed by atoms with Crippen LogP contribution < -0.4 is 14.4 Å². The van der Waals surface area contributed by atoms with Crippen LogP contribution in [-0.4, -0.2) is 56.3 Å². The van der Waals surface area contributed by atoms with Crippen LogP contribution in [0.5, 0.6) is 5.75 Å². The van der Waals surface area contributed by atoms with Crippen LogP contribution in [-0.2, 0) is 32.6 Å². The SMILES string of the molecule is COc1ccc(Cl)cc1N(CC(=O)N(Cc1ccccc1C)[C@H](Cc1ccccc1)C(=O)NCC(C)C)S(=O)(=O)c1ccc(C)c([N+](=O)[O-])c1. The lowest BCUT2D eigenvalue weighted by atomic mass is 10.0. The average Bonchev–Trinajstić information content (AvgIpc) is 3.08. The minimum atomic E-state index is -4.67. The molecule has 0 unspecified atom stereocenters. The molecule has 0 fully saturated rings. The van der Waals surface area contributed by atoms with Gasteiger partial charge in [0.1, 0.15) is 18.3 Å². The summed E-state index contributed by atoms with van der Waals surface area (Å²) in [6.07, 6.45) is 0.153. The summed E-state index contributed by atoms with van der Waals surface area (Å²) in [5.41, 5.74) is 2.24. The number of hydrogen-bond acceptors (Lipinski definition) is 7. The number of benzene rings is 4. The smallest absolute Gasteiger partial charge is 0.273 e. The maximum atomic E-state index is 14.8. The number of nitrogens with zero attached hydrogens (tertiary/aromatic N) is 3. The van der Waals surface area contributed by atoms with Gasteiger partial charge in [0.05, 0.1) is 22.6 Å². The summed E-state index contributed by atoms with van der Waals surface area (Å²) in [4.78, 5) is 40.9. The third kappa shape index (κ3) is 9.19. The van der Waals surface area contributed by atoms with Crippen LogP contribution in [0, 0.1) is 29.9 Å². The molecule has 50 heavy (non-hydrogen) atoms. The predicted molar refractivity (Wildman–Crippen MR) is 194 cm³/mol. The van der Waals surface area contributed by atoms with E-state index in [1.54, 1.807) is 0 Å². The van der Waals surface area contributed by atoms with E-state index in [1.165, 1.54) is 49.3 Å². The van der Waals surface area contributed by atoms with Gasteiger partial charge < -0.3 is 15.0 Å². The van der Waals surface area contributed by atoms with Crippen molar-refractivity contribution < 1.29 is 27.7 Å². The van der Waals surface area contributed by atoms with Crippen LogP contribution >= 0.6 is 11.6 Å². The van der Waals surface area contributed by atoms with Gasteiger partial charge in [-0.1, -0.05) is 86.1 Å². The molecule has 0 aliphatic carbocycles. The van der Waals surface area contributed by atoms with Crippen molar-refractivity contribution in [1.29, 1.82) is 0 Å². The summed E-state index contributed by atoms with van der Waals surface area (Å²) in [6.45, 7) is 6.88. The molecule has 4 aromatic rings. The van der Waals surface area contributed by atoms with Gasteiger partial charge in [0, 0.05) is 36.2 Å². The van der Waals surface area contributed by atoms with Crippen molar-refractivity contribution in [2.24, 2.45) is 5.92 Å². The van der Waals surface area contributed by atoms with E-state index in [0.29, 0.717) is 6.54 Å². The third-order valence-electron chi connectivity index (χ3n) is 8.21. The molecule has 4 rings (SSSR count). The minimum Gasteiger partial charge on any atom is -0.495 e. The molecule has 13 heteroatoms. The van der Waals surface area contributed by atoms with Gasteiger partial charge in [-0.2, -0.15) is 0 Å². The number of hydrogen-bond donors (Lipinski definition) is 1. The lowest BCUT2D eigenvalue weighted by molar-refractivity contribution is -0.385. The standard InChI is InChI=1S/C37H41ClN4O7S/c1-25(2)22-39-37(44)34(19-28-12-7-6-8-13-28)40(23-29-14-10-9-11-26(29)3)36(43)24-41(33-20-30(38)16-18-35(33)49-5)50(47,48)31-17-15-27(4)32(21-31)42(45)46/h6-18,20-21,25,34H,19,22-24H2,1-5H3,(H,39,44)/t34-/m1/s1. The maximum Gasteiger partial charge on any atom is 0.273 e. The van der Waals surface area contributed by atoms with Crippen LogP contribution in [0.1, 0.15) is 36.1 Å². The summed E-state index contributed by atoms with van der Waals surface area (Å²) in [6, 6.07) is 23.5. The predicted octanol–water partition coefficient (Wildman–Crippen LogP) is 6.48. The Morgan fingerprint density at radius 2 is 1.62 bits per heavy atom. The molecule has 0 aliphatic rings. The zero-order chi connectivity index (χ0) is 36.6. The summed E-state index contributed by atoms with van der Waals surface area (Å²) < 4.78 is 35.3. The second-order valence-electron chi connectivity index (χ2n) is 12.3. The van der Waals surface area contributed by atoms with E-state index in [0.717, 1.165) is 27.1 Å². The van der Waals surface area contributed by atoms with Gasteiger partial charge in [-0.25, -0.2) is 8.42 Å². The highest BCUT2D eigenvalue weighted by Gasteiger charge is 2.36. The Labute approximate surface area is 298 Å². The van der Waals surface area contributed by atoms with Crippen LogP contribution in [0.3, 0.4) is 0 Å². The molecule has 0 saturated carbocycles. The first kappa shape index (κ1) is 37.9. The van der Waals surface area contributed by atoms with E-state index < -0.39 is 49.9 Å². The lowest BCUT2D eigenvalue weighted by Gasteiger charge is -2.34. The molecule has 1 atom stereocenters. The quantitative estimate of drug-likeness (QED) is 0.110. The highest BCUT2D eigenvalue weighted by Crippen LogP contribution is 2.36. The van der Waals surface area contributed by atoms with Crippen molar-refractivity contribution in [3.8, 4) is 5.75 Å². The largest absolute Gasteiger partial charge is 0.495 e. The molecule has 0 radical (unpaired) electrons. The van der Waals surface area contributed by atoms with E-state index in [4.69, 9.17) is 16.3 Å². The normalized spacial score (nSPS) is 11.9. The molecule has 0 heterocycles. The number of nitro benzene ring substituents is 1. The fourth-order valence-electron chi connectivity index (χ4n) is 5.39. The van der Waals surface area contributed by atoms with Crippen LogP contribution in [0.25, 0.3) is 0 Å². The highest BCUT2D eigenvalue weighted by atomic mass is 35.5. The number of rotatable bonds is 15. The van der Waals surface area contributed by atoms with Gasteiger partial charge in [-0.05, 0) is 60.7 Å². The Morgan fingerprint density at radius 1 is 0.940 bits per heavy atom. The Bertz CT molecular complexity index is 1950. The number of aryl methyl sites for hydroxylation is 2. The Hall–Kier alpha value is -4.94. The van der Waals surface area contributed by atoms with Gasteiger partial charge in [0.2, 0.25) is 11.8 Å². The van der Waals surface area contributed by atoms with E-state index in [1.807, 2.05) is 75.4 Å². The average molecular weight is 721 g/mol. The van der Waals surface area contributed by atoms with E-state index >= 15 is 0 Å². The van der Waals surface area contributed by atoms with Crippen LogP contribution in [0.15, 0.2) is 95.9 Å². The Morgan fingerprint density at radius 3 is 2.26 bits per heavy atom. The molecule has 0 saturated heterocycles. The van der Waals surface area contributed by atoms with Gasteiger partial charge >= 0.3 is 0 Å². The number of amides is 2. The first-order valence-electron chi connectivity index (χ1n) is 16.0. The zero-order valence-electron chi connectivity index (χ0n) is 28.6. The fraction of sp³-hybridized carbons (Fsp3) is 0.297. The van der Waals surface area contributed by atoms with E-state index in [2.05, 4.69) is 5.32 Å². The molecule has 0 aromatic heterocycles. The van der Waals surface area contributed by atoms with Gasteiger partial charge in [-0.15, -0.1) is 0 Å². The molecular formula is C37H41ClN4O7S. The monoisotopic (exact) mass is 720 g/mol. The van der Waals surface area contributed by atoms with Crippen molar-refractivity contribution in [1.82, 2.24) is 10.2 Å². The van der Waals surface area contributed by atoms with Crippen molar-refractivity contribution in [3.63, 3.8) is 0 Å². The number of carbonyl (C=O) groups excluding carboxylic acids is 2. The first-order valence-corrected chi connectivity index (χ1v) is 17.8. The number of carbonyl (C=O) groups is 2. The molecule has 2 amide bonds. The molecule has 4 aromatic carbocycles. The maximum absolute atomic E-state index is 14.8. The van der Waals surface area contributed by atoms with E-state index in [9.17, 15) is 28.1 Å². The van der Waals surface area contributed by atoms with Gasteiger partial charge in [-0.3, -0.25) is 24.0 Å². The second-order valence-corrected chi connectivity index (χ2v) is 14.6. The molecule has 264 valence electrons. The lowest BCUT2D eigenvalue weighted by Crippen LogP contribution is -2.53. The van der Waals surface area contributed by atoms with Gasteiger partial charge in [0.15, 0.2) is 0 Å². The van der Waals surface area contributed by atoms with Crippen LogP contribution in [0.4, 0.5) is 11.4 Å². The number of ether oxygens (including phenoxy) is 1. The summed E-state index contributed by atoms with van der Waals surface area (Å²) in [5, 5.41) is 14.9. The topological polar surface area (TPSA) is 139 Å². The number of halogens is 1. The fourth-order valence-corrected chi connectivity index (χ4v) is 7.00. The molecule has 0 spiro atoms. The molecule has 0 aliphatic heterocycles. The summed E-state index contributed by atoms with van der Waals surface area (Å²) in [7, 11) is -3.33. The minimum absolute atomic E-state index is 0.00528. The van der Waals surface area contributed by atoms with E-state index in [-0.39, 0.29) is 40.9 Å². The molecular weight excluding hydrogens is 680 g/mol. The Balaban J connectivity index is 1.90. The number of nitrogens with one attached hydrogen (secondary N) is 1. The number of sulfonamides is 1. The van der Waals surface area contributed by atoms with Gasteiger partial charge in [0.25, 0.3) is 15.7 Å². The number of methoxy groups -OCH3 is 1. The molecule has 11 nitrogen and oxygen atoms in total. The van der Waals surface area contributed by atoms with Crippen LogP contribution in [0.2, 0.25) is 5.02 Å². The summed E-state index contributed by atoms with van der Waals surface area (Å²) in [5.74, 6) is -0.867. The third-order valence-corrected chi connectivity index (χ3v) is 10.2. The van der Waals surface area contributed by atoms with Crippen molar-refractivity contribution in [2.45, 2.75) is 51.6 Å². The van der Waals surface area contributed by atoms with Crippen molar-refractivity contribution in [2.75, 3.05) is 24.5 Å². The number of nitro groups is 1. The molecule has 0 bridgehead atoms. The van der Waals surface area contributed by atoms with Crippen molar-refractivity contribution >= 4 is 44.8 Å². The highest BCUT2D eigenvalue weighted by molar-refractivity contribution is 7.92. The Kier molecular flexibility index (Phi) is 12.6. The summed E-state index contributed by atoms with van der Waals surface area (Å²) >= 11 is 6.35.